The van der Waals surface area contributed by atoms with Crippen molar-refractivity contribution in [2.75, 3.05) is 19.7 Å². The molecule has 2 N–H and O–H groups in total. The molecule has 0 saturated carbocycles. The monoisotopic (exact) mass is 411 g/mol. The van der Waals surface area contributed by atoms with Crippen LogP contribution in [0.1, 0.15) is 53.4 Å². The van der Waals surface area contributed by atoms with Crippen LogP contribution in [0.5, 0.6) is 0 Å². The van der Waals surface area contributed by atoms with Crippen LogP contribution in [0.15, 0.2) is 0 Å². The van der Waals surface area contributed by atoms with E-state index in [0.29, 0.717) is 32.4 Å². The Morgan fingerprint density at radius 1 is 1.14 bits per heavy atom. The molecule has 9 nitrogen and oxygen atoms in total. The van der Waals surface area contributed by atoms with Crippen molar-refractivity contribution in [1.29, 1.82) is 0 Å². The van der Waals surface area contributed by atoms with Crippen LogP contribution in [0.3, 0.4) is 0 Å². The van der Waals surface area contributed by atoms with Crippen LogP contribution in [0.2, 0.25) is 0 Å². The van der Waals surface area contributed by atoms with Gasteiger partial charge in [-0.2, -0.15) is 0 Å². The summed E-state index contributed by atoms with van der Waals surface area (Å²) < 4.78 is 10.3. The summed E-state index contributed by atoms with van der Waals surface area (Å²) in [6.45, 7) is 8.68. The normalized spacial score (nSPS) is 25.1. The second-order valence-electron chi connectivity index (χ2n) is 7.58. The minimum absolute atomic E-state index is 0.138. The standard InChI is InChI=1S/C20H33N3O6/c1-5-10-21-17(24)15-16(29-15)18(25)22-14(12(4)6-2)19(26)23-11-8-9-13(23)20(27)28-7-3/h12-16H,5-11H2,1-4H3,(H,21,24)(H,22,25)/t12-,13-,14-,15-,16?/m0/s1. The van der Waals surface area contributed by atoms with E-state index in [0.717, 1.165) is 6.42 Å². The molecule has 0 radical (unpaired) electrons. The minimum Gasteiger partial charge on any atom is -0.464 e. The summed E-state index contributed by atoms with van der Waals surface area (Å²) in [6, 6.07) is -1.40. The lowest BCUT2D eigenvalue weighted by Crippen LogP contribution is -2.55. The van der Waals surface area contributed by atoms with E-state index in [2.05, 4.69) is 10.6 Å². The average molecular weight is 411 g/mol. The molecule has 2 saturated heterocycles. The third kappa shape index (κ3) is 5.68. The zero-order valence-electron chi connectivity index (χ0n) is 17.7. The Hall–Kier alpha value is -2.16. The topological polar surface area (TPSA) is 117 Å². The number of ether oxygens (including phenoxy) is 2. The van der Waals surface area contributed by atoms with Crippen LogP contribution < -0.4 is 10.6 Å². The Kier molecular flexibility index (Phi) is 8.43. The number of amides is 3. The molecule has 5 atom stereocenters. The number of carbonyl (C=O) groups is 4. The number of hydrogen-bond donors (Lipinski definition) is 2. The highest BCUT2D eigenvalue weighted by Gasteiger charge is 2.51. The number of nitrogens with one attached hydrogen (secondary N) is 2. The van der Waals surface area contributed by atoms with Crippen molar-refractivity contribution in [3.63, 3.8) is 0 Å². The van der Waals surface area contributed by atoms with Gasteiger partial charge in [0.1, 0.15) is 12.1 Å². The number of esters is 1. The molecule has 0 aromatic heterocycles. The van der Waals surface area contributed by atoms with Gasteiger partial charge in [-0.25, -0.2) is 4.79 Å². The smallest absolute Gasteiger partial charge is 0.328 e. The SMILES string of the molecule is CCCNC(=O)[C@H]1OC1C(=O)N[C@H](C(=O)N1CCC[C@H]1C(=O)OCC)[C@@H](C)CC. The maximum absolute atomic E-state index is 13.2. The lowest BCUT2D eigenvalue weighted by molar-refractivity contribution is -0.154. The van der Waals surface area contributed by atoms with Crippen LogP contribution >= 0.6 is 0 Å². The fraction of sp³-hybridized carbons (Fsp3) is 0.800. The van der Waals surface area contributed by atoms with Crippen molar-refractivity contribution < 1.29 is 28.7 Å². The highest BCUT2D eigenvalue weighted by molar-refractivity contribution is 5.97. The predicted octanol–water partition coefficient (Wildman–Crippen LogP) is 0.365. The zero-order chi connectivity index (χ0) is 21.6. The summed E-state index contributed by atoms with van der Waals surface area (Å²) in [6.07, 6.45) is 1.02. The third-order valence-electron chi connectivity index (χ3n) is 5.43. The third-order valence-corrected chi connectivity index (χ3v) is 5.43. The summed E-state index contributed by atoms with van der Waals surface area (Å²) in [4.78, 5) is 51.4. The highest BCUT2D eigenvalue weighted by Crippen LogP contribution is 2.25. The van der Waals surface area contributed by atoms with E-state index in [1.165, 1.54) is 4.90 Å². The van der Waals surface area contributed by atoms with Gasteiger partial charge in [-0.1, -0.05) is 27.2 Å². The van der Waals surface area contributed by atoms with Crippen molar-refractivity contribution in [2.45, 2.75) is 77.7 Å². The van der Waals surface area contributed by atoms with E-state index in [1.54, 1.807) is 6.92 Å². The van der Waals surface area contributed by atoms with Gasteiger partial charge >= 0.3 is 5.97 Å². The highest BCUT2D eigenvalue weighted by atomic mass is 16.6. The van der Waals surface area contributed by atoms with Gasteiger partial charge in [-0.3, -0.25) is 14.4 Å². The number of hydrogen-bond acceptors (Lipinski definition) is 6. The van der Waals surface area contributed by atoms with Crippen molar-refractivity contribution in [1.82, 2.24) is 15.5 Å². The number of nitrogens with zero attached hydrogens (tertiary/aromatic N) is 1. The van der Waals surface area contributed by atoms with E-state index >= 15 is 0 Å². The summed E-state index contributed by atoms with van der Waals surface area (Å²) in [7, 11) is 0. The van der Waals surface area contributed by atoms with E-state index in [-0.39, 0.29) is 24.3 Å². The van der Waals surface area contributed by atoms with Crippen molar-refractivity contribution >= 4 is 23.7 Å². The molecule has 0 aromatic carbocycles. The molecule has 9 heteroatoms. The van der Waals surface area contributed by atoms with E-state index in [4.69, 9.17) is 9.47 Å². The Bertz CT molecular complexity index is 625. The molecule has 29 heavy (non-hydrogen) atoms. The van der Waals surface area contributed by atoms with E-state index < -0.39 is 36.2 Å². The fourth-order valence-corrected chi connectivity index (χ4v) is 3.47. The molecule has 3 amide bonds. The molecule has 164 valence electrons. The van der Waals surface area contributed by atoms with Gasteiger partial charge in [-0.15, -0.1) is 0 Å². The second kappa shape index (κ2) is 10.6. The molecule has 2 heterocycles. The molecule has 0 aromatic rings. The molecule has 0 spiro atoms. The average Bonchev–Trinajstić information content (AvgIpc) is 3.37. The van der Waals surface area contributed by atoms with Gasteiger partial charge in [0.05, 0.1) is 6.61 Å². The molecule has 2 rings (SSSR count). The summed E-state index contributed by atoms with van der Waals surface area (Å²) in [5, 5.41) is 5.45. The largest absolute Gasteiger partial charge is 0.464 e. The number of carbonyl (C=O) groups excluding carboxylic acids is 4. The van der Waals surface area contributed by atoms with Gasteiger partial charge in [-0.05, 0) is 32.1 Å². The molecule has 2 aliphatic heterocycles. The quantitative estimate of drug-likeness (QED) is 0.396. The number of epoxide rings is 1. The van der Waals surface area contributed by atoms with Crippen LogP contribution in [0, 0.1) is 5.92 Å². The Morgan fingerprint density at radius 2 is 1.83 bits per heavy atom. The predicted molar refractivity (Wildman–Crippen MR) is 105 cm³/mol. The molecule has 2 fully saturated rings. The van der Waals surface area contributed by atoms with Crippen molar-refractivity contribution in [2.24, 2.45) is 5.92 Å². The molecule has 0 bridgehead atoms. The first kappa shape index (κ1) is 23.1. The first-order valence-corrected chi connectivity index (χ1v) is 10.6. The van der Waals surface area contributed by atoms with Gasteiger partial charge in [0.15, 0.2) is 12.2 Å². The summed E-state index contributed by atoms with van der Waals surface area (Å²) in [5.41, 5.74) is 0. The molecular formula is C20H33N3O6. The fourth-order valence-electron chi connectivity index (χ4n) is 3.47. The maximum Gasteiger partial charge on any atom is 0.328 e. The van der Waals surface area contributed by atoms with Crippen LogP contribution in [0.25, 0.3) is 0 Å². The lowest BCUT2D eigenvalue weighted by Gasteiger charge is -2.30. The second-order valence-corrected chi connectivity index (χ2v) is 7.58. The summed E-state index contributed by atoms with van der Waals surface area (Å²) >= 11 is 0. The Morgan fingerprint density at radius 3 is 2.45 bits per heavy atom. The van der Waals surface area contributed by atoms with Crippen LogP contribution in [0.4, 0.5) is 0 Å². The van der Waals surface area contributed by atoms with Crippen molar-refractivity contribution in [3.8, 4) is 0 Å². The van der Waals surface area contributed by atoms with Gasteiger partial charge < -0.3 is 25.0 Å². The van der Waals surface area contributed by atoms with Crippen LogP contribution in [-0.2, 0) is 28.7 Å². The maximum atomic E-state index is 13.2. The first-order valence-electron chi connectivity index (χ1n) is 10.6. The zero-order valence-corrected chi connectivity index (χ0v) is 17.7. The molecule has 0 aliphatic carbocycles. The molecular weight excluding hydrogens is 378 g/mol. The Balaban J connectivity index is 2.02. The number of likely N-dealkylation sites (tertiary alicyclic amines) is 1. The molecule has 1 unspecified atom stereocenters. The van der Waals surface area contributed by atoms with Crippen LogP contribution in [-0.4, -0.2) is 72.6 Å². The van der Waals surface area contributed by atoms with Crippen molar-refractivity contribution in [3.05, 3.63) is 0 Å². The minimum atomic E-state index is -0.884. The van der Waals surface area contributed by atoms with E-state index in [9.17, 15) is 19.2 Å². The Labute approximate surface area is 171 Å². The van der Waals surface area contributed by atoms with Gasteiger partial charge in [0, 0.05) is 13.1 Å². The lowest BCUT2D eigenvalue weighted by atomic mass is 9.97. The van der Waals surface area contributed by atoms with E-state index in [1.807, 2.05) is 20.8 Å². The van der Waals surface area contributed by atoms with Gasteiger partial charge in [0.25, 0.3) is 11.8 Å². The first-order chi connectivity index (χ1) is 13.8. The molecule has 2 aliphatic rings. The summed E-state index contributed by atoms with van der Waals surface area (Å²) in [5.74, 6) is -1.64. The van der Waals surface area contributed by atoms with Gasteiger partial charge in [0.2, 0.25) is 5.91 Å². The number of rotatable bonds is 10.